The van der Waals surface area contributed by atoms with Gasteiger partial charge < -0.3 is 20.9 Å². The lowest BCUT2D eigenvalue weighted by Gasteiger charge is -2.12. The monoisotopic (exact) mass is 354 g/mol. The number of hydrogen-bond donors (Lipinski definition) is 3. The first-order chi connectivity index (χ1) is 12.3. The normalized spacial score (nSPS) is 9.96. The first-order valence-corrected chi connectivity index (χ1v) is 8.08. The summed E-state index contributed by atoms with van der Waals surface area (Å²) >= 11 is 0. The molecular formula is C19H22N4O3. The zero-order chi connectivity index (χ0) is 19.1. The molecule has 2 aromatic carbocycles. The number of carbonyl (C=O) groups excluding carboxylic acids is 3. The number of carbonyl (C=O) groups is 3. The van der Waals surface area contributed by atoms with Crippen molar-refractivity contribution in [1.82, 2.24) is 4.90 Å². The third kappa shape index (κ3) is 5.62. The summed E-state index contributed by atoms with van der Waals surface area (Å²) in [7, 11) is 3.37. The van der Waals surface area contributed by atoms with E-state index in [-0.39, 0.29) is 24.3 Å². The Labute approximate surface area is 152 Å². The molecule has 0 unspecified atom stereocenters. The lowest BCUT2D eigenvalue weighted by molar-refractivity contribution is -0.115. The van der Waals surface area contributed by atoms with E-state index in [1.807, 2.05) is 0 Å². The van der Waals surface area contributed by atoms with Gasteiger partial charge in [-0.1, -0.05) is 12.1 Å². The maximum absolute atomic E-state index is 12.1. The van der Waals surface area contributed by atoms with Gasteiger partial charge in [-0.3, -0.25) is 14.4 Å². The van der Waals surface area contributed by atoms with E-state index < -0.39 is 0 Å². The van der Waals surface area contributed by atoms with E-state index in [1.165, 1.54) is 11.8 Å². The molecule has 0 aliphatic heterocycles. The van der Waals surface area contributed by atoms with E-state index in [0.717, 1.165) is 0 Å². The molecule has 136 valence electrons. The summed E-state index contributed by atoms with van der Waals surface area (Å²) < 4.78 is 0. The first-order valence-electron chi connectivity index (χ1n) is 8.08. The van der Waals surface area contributed by atoms with Crippen LogP contribution in [0, 0.1) is 0 Å². The molecule has 3 amide bonds. The summed E-state index contributed by atoms with van der Waals surface area (Å²) in [5.74, 6) is -0.524. The lowest BCUT2D eigenvalue weighted by Crippen LogP contribution is -2.23. The van der Waals surface area contributed by atoms with Crippen molar-refractivity contribution in [2.24, 2.45) is 0 Å². The fourth-order valence-corrected chi connectivity index (χ4v) is 2.29. The van der Waals surface area contributed by atoms with Gasteiger partial charge in [-0.15, -0.1) is 0 Å². The molecule has 0 heterocycles. The number of anilines is 3. The molecule has 0 fully saturated rings. The summed E-state index contributed by atoms with van der Waals surface area (Å²) in [6.45, 7) is 1.47. The van der Waals surface area contributed by atoms with Crippen LogP contribution < -0.4 is 16.0 Å². The van der Waals surface area contributed by atoms with Crippen molar-refractivity contribution in [1.29, 1.82) is 0 Å². The van der Waals surface area contributed by atoms with Crippen molar-refractivity contribution in [2.45, 2.75) is 6.92 Å². The fourth-order valence-electron chi connectivity index (χ4n) is 2.29. The highest BCUT2D eigenvalue weighted by Gasteiger charge is 2.09. The van der Waals surface area contributed by atoms with Gasteiger partial charge in [-0.05, 0) is 36.4 Å². The van der Waals surface area contributed by atoms with Crippen LogP contribution >= 0.6 is 0 Å². The fraction of sp³-hybridized carbons (Fsp3) is 0.211. The highest BCUT2D eigenvalue weighted by atomic mass is 16.2. The van der Waals surface area contributed by atoms with Gasteiger partial charge in [-0.25, -0.2) is 0 Å². The van der Waals surface area contributed by atoms with Crippen LogP contribution in [0.1, 0.15) is 17.3 Å². The number of benzene rings is 2. The van der Waals surface area contributed by atoms with E-state index in [9.17, 15) is 14.4 Å². The van der Waals surface area contributed by atoms with Crippen LogP contribution in [0.3, 0.4) is 0 Å². The number of hydrogen-bond acceptors (Lipinski definition) is 4. The van der Waals surface area contributed by atoms with Crippen molar-refractivity contribution in [3.8, 4) is 0 Å². The van der Waals surface area contributed by atoms with Crippen LogP contribution in [0.2, 0.25) is 0 Å². The van der Waals surface area contributed by atoms with Crippen molar-refractivity contribution < 1.29 is 14.4 Å². The van der Waals surface area contributed by atoms with Gasteiger partial charge in [0.25, 0.3) is 5.91 Å². The molecule has 3 N–H and O–H groups in total. The minimum absolute atomic E-state index is 0.0456. The summed E-state index contributed by atoms with van der Waals surface area (Å²) in [6, 6.07) is 13.9. The average molecular weight is 354 g/mol. The van der Waals surface area contributed by atoms with E-state index in [0.29, 0.717) is 22.6 Å². The predicted molar refractivity (Wildman–Crippen MR) is 102 cm³/mol. The van der Waals surface area contributed by atoms with Crippen LogP contribution in [-0.4, -0.2) is 43.3 Å². The Hall–Kier alpha value is -3.35. The lowest BCUT2D eigenvalue weighted by atomic mass is 10.2. The highest BCUT2D eigenvalue weighted by molar-refractivity contribution is 5.96. The van der Waals surface area contributed by atoms with E-state index in [2.05, 4.69) is 16.0 Å². The van der Waals surface area contributed by atoms with Crippen LogP contribution in [-0.2, 0) is 9.59 Å². The molecule has 7 nitrogen and oxygen atoms in total. The second-order valence-electron chi connectivity index (χ2n) is 5.94. The molecule has 0 aliphatic carbocycles. The molecule has 2 aromatic rings. The Morgan fingerprint density at radius 1 is 0.885 bits per heavy atom. The molecule has 2 rings (SSSR count). The molecule has 0 atom stereocenters. The van der Waals surface area contributed by atoms with Crippen molar-refractivity contribution in [3.63, 3.8) is 0 Å². The highest BCUT2D eigenvalue weighted by Crippen LogP contribution is 2.15. The topological polar surface area (TPSA) is 90.5 Å². The SMILES string of the molecule is CC(=O)Nc1cccc(NC(=O)CNc2cccc(C(=O)N(C)C)c2)c1. The summed E-state index contributed by atoms with van der Waals surface area (Å²) in [6.07, 6.45) is 0. The first kappa shape index (κ1) is 19.0. The molecule has 7 heteroatoms. The number of rotatable bonds is 6. The largest absolute Gasteiger partial charge is 0.376 e. The van der Waals surface area contributed by atoms with Crippen molar-refractivity contribution in [2.75, 3.05) is 36.6 Å². The Kier molecular flexibility index (Phi) is 6.32. The molecule has 0 bridgehead atoms. The van der Waals surface area contributed by atoms with Crippen LogP contribution in [0.25, 0.3) is 0 Å². The van der Waals surface area contributed by atoms with Gasteiger partial charge in [0.1, 0.15) is 0 Å². The molecule has 0 saturated heterocycles. The second-order valence-corrected chi connectivity index (χ2v) is 5.94. The summed E-state index contributed by atoms with van der Waals surface area (Å²) in [4.78, 5) is 36.7. The number of nitrogens with zero attached hydrogens (tertiary/aromatic N) is 1. The van der Waals surface area contributed by atoms with Crippen molar-refractivity contribution in [3.05, 3.63) is 54.1 Å². The molecule has 0 aliphatic rings. The summed E-state index contributed by atoms with van der Waals surface area (Å²) in [5, 5.41) is 8.41. The van der Waals surface area contributed by atoms with Gasteiger partial charge in [0, 0.05) is 43.6 Å². The smallest absolute Gasteiger partial charge is 0.253 e. The van der Waals surface area contributed by atoms with Crippen LogP contribution in [0.4, 0.5) is 17.1 Å². The quantitative estimate of drug-likeness (QED) is 0.743. The maximum atomic E-state index is 12.1. The van der Waals surface area contributed by atoms with Gasteiger partial charge in [0.15, 0.2) is 0 Å². The molecular weight excluding hydrogens is 332 g/mol. The molecule has 0 spiro atoms. The predicted octanol–water partition coefficient (Wildman–Crippen LogP) is 2.40. The second kappa shape index (κ2) is 8.66. The minimum Gasteiger partial charge on any atom is -0.376 e. The zero-order valence-electron chi connectivity index (χ0n) is 15.0. The molecule has 0 saturated carbocycles. The average Bonchev–Trinajstić information content (AvgIpc) is 2.59. The maximum Gasteiger partial charge on any atom is 0.253 e. The van der Waals surface area contributed by atoms with Gasteiger partial charge in [0.2, 0.25) is 11.8 Å². The van der Waals surface area contributed by atoms with E-state index in [4.69, 9.17) is 0 Å². The summed E-state index contributed by atoms with van der Waals surface area (Å²) in [5.41, 5.74) is 2.42. The number of amides is 3. The minimum atomic E-state index is -0.241. The van der Waals surface area contributed by atoms with Crippen molar-refractivity contribution >= 4 is 34.8 Å². The molecule has 26 heavy (non-hydrogen) atoms. The third-order valence-electron chi connectivity index (χ3n) is 3.44. The Morgan fingerprint density at radius 3 is 2.15 bits per heavy atom. The number of nitrogens with one attached hydrogen (secondary N) is 3. The van der Waals surface area contributed by atoms with Crippen LogP contribution in [0.5, 0.6) is 0 Å². The Bertz CT molecular complexity index is 818. The standard InChI is InChI=1S/C19H22N4O3/c1-13(24)21-16-8-5-9-17(11-16)22-18(25)12-20-15-7-4-6-14(10-15)19(26)23(2)3/h4-11,20H,12H2,1-3H3,(H,21,24)(H,22,25). The Morgan fingerprint density at radius 2 is 1.50 bits per heavy atom. The zero-order valence-corrected chi connectivity index (χ0v) is 15.0. The van der Waals surface area contributed by atoms with Gasteiger partial charge in [-0.2, -0.15) is 0 Å². The molecule has 0 aromatic heterocycles. The molecule has 0 radical (unpaired) electrons. The van der Waals surface area contributed by atoms with Crippen LogP contribution in [0.15, 0.2) is 48.5 Å². The van der Waals surface area contributed by atoms with Gasteiger partial charge >= 0.3 is 0 Å². The third-order valence-corrected chi connectivity index (χ3v) is 3.44. The van der Waals surface area contributed by atoms with E-state index in [1.54, 1.807) is 62.6 Å². The van der Waals surface area contributed by atoms with Gasteiger partial charge in [0.05, 0.1) is 6.54 Å². The Balaban J connectivity index is 1.94. The van der Waals surface area contributed by atoms with E-state index >= 15 is 0 Å².